The largest absolute Gasteiger partial charge is 0.465 e. The fraction of sp³-hybridized carbons (Fsp3) is 0.889. The Morgan fingerprint density at radius 3 is 1.93 bits per heavy atom. The van der Waals surface area contributed by atoms with Gasteiger partial charge in [-0.1, -0.05) is 13.3 Å². The van der Waals surface area contributed by atoms with Gasteiger partial charge >= 0.3 is 6.09 Å². The van der Waals surface area contributed by atoms with E-state index in [1.165, 1.54) is 6.42 Å². The van der Waals surface area contributed by atoms with Crippen molar-refractivity contribution in [3.05, 3.63) is 0 Å². The predicted molar refractivity (Wildman–Crippen MR) is 58.3 cm³/mol. The third-order valence-electron chi connectivity index (χ3n) is 1.43. The molecular weight excluding hydrogens is 182 g/mol. The Balaban J connectivity index is 0. The molecule has 0 unspecified atom stereocenters. The van der Waals surface area contributed by atoms with Gasteiger partial charge in [-0.2, -0.15) is 0 Å². The number of nitrogens with two attached hydrogens (primary N) is 2. The highest BCUT2D eigenvalue weighted by atomic mass is 16.4. The van der Waals surface area contributed by atoms with Crippen LogP contribution in [0.2, 0.25) is 0 Å². The molecule has 0 atom stereocenters. The summed E-state index contributed by atoms with van der Waals surface area (Å²) in [5.41, 5.74) is 10.5. The lowest BCUT2D eigenvalue weighted by atomic mass is 10.2. The summed E-state index contributed by atoms with van der Waals surface area (Å²) >= 11 is 0. The minimum absolute atomic E-state index is 0.551. The van der Waals surface area contributed by atoms with E-state index >= 15 is 0 Å². The zero-order valence-electron chi connectivity index (χ0n) is 8.96. The molecule has 0 rings (SSSR count). The van der Waals surface area contributed by atoms with Gasteiger partial charge in [-0.25, -0.2) is 4.79 Å². The third-order valence-corrected chi connectivity index (χ3v) is 1.43. The molecule has 0 bridgehead atoms. The summed E-state index contributed by atoms with van der Waals surface area (Å²) < 4.78 is 0. The van der Waals surface area contributed by atoms with Crippen molar-refractivity contribution in [3.63, 3.8) is 0 Å². The van der Waals surface area contributed by atoms with Crippen LogP contribution < -0.4 is 16.8 Å². The van der Waals surface area contributed by atoms with E-state index in [2.05, 4.69) is 5.32 Å². The molecule has 14 heavy (non-hydrogen) atoms. The van der Waals surface area contributed by atoms with Gasteiger partial charge in [-0.15, -0.1) is 0 Å². The summed E-state index contributed by atoms with van der Waals surface area (Å²) in [5, 5.41) is 10.1. The second-order valence-corrected chi connectivity index (χ2v) is 2.87. The first-order valence-corrected chi connectivity index (χ1v) is 5.05. The topological polar surface area (TPSA) is 101 Å². The average Bonchev–Trinajstić information content (AvgIpc) is 2.16. The Hall–Kier alpha value is -0.810. The number of amides is 1. The smallest absolute Gasteiger partial charge is 0.404 e. The lowest BCUT2D eigenvalue weighted by molar-refractivity contribution is 0.194. The summed E-state index contributed by atoms with van der Waals surface area (Å²) in [7, 11) is 0. The Labute approximate surface area is 85.9 Å². The molecule has 0 spiro atoms. The first-order chi connectivity index (χ1) is 6.68. The Morgan fingerprint density at radius 2 is 1.71 bits per heavy atom. The molecule has 0 fully saturated rings. The van der Waals surface area contributed by atoms with Gasteiger partial charge in [0.2, 0.25) is 0 Å². The molecule has 6 N–H and O–H groups in total. The molecule has 0 saturated heterocycles. The predicted octanol–water partition coefficient (Wildman–Crippen LogP) is 0.738. The highest BCUT2D eigenvalue weighted by Crippen LogP contribution is 1.88. The van der Waals surface area contributed by atoms with Gasteiger partial charge in [-0.05, 0) is 32.4 Å². The van der Waals surface area contributed by atoms with E-state index in [1.54, 1.807) is 0 Å². The molecule has 0 aliphatic carbocycles. The lowest BCUT2D eigenvalue weighted by Gasteiger charge is -1.91. The molecule has 0 aromatic rings. The van der Waals surface area contributed by atoms with E-state index in [9.17, 15) is 4.79 Å². The van der Waals surface area contributed by atoms with Crippen LogP contribution in [0.15, 0.2) is 0 Å². The van der Waals surface area contributed by atoms with Crippen molar-refractivity contribution < 1.29 is 9.90 Å². The summed E-state index contributed by atoms with van der Waals surface area (Å²) in [6.45, 7) is 4.07. The van der Waals surface area contributed by atoms with Crippen LogP contribution in [0.3, 0.4) is 0 Å². The van der Waals surface area contributed by atoms with E-state index in [0.717, 1.165) is 32.4 Å². The van der Waals surface area contributed by atoms with Crippen LogP contribution in [0.1, 0.15) is 32.6 Å². The number of carbonyl (C=O) groups is 1. The van der Waals surface area contributed by atoms with Gasteiger partial charge in [0.05, 0.1) is 0 Å². The molecule has 5 nitrogen and oxygen atoms in total. The van der Waals surface area contributed by atoms with Crippen molar-refractivity contribution in [1.29, 1.82) is 0 Å². The minimum Gasteiger partial charge on any atom is -0.465 e. The maximum absolute atomic E-state index is 9.65. The van der Waals surface area contributed by atoms with Crippen LogP contribution in [0.5, 0.6) is 0 Å². The Morgan fingerprint density at radius 1 is 1.21 bits per heavy atom. The maximum Gasteiger partial charge on any atom is 0.404 e. The molecule has 0 aromatic carbocycles. The molecular formula is C9H23N3O2. The quantitative estimate of drug-likeness (QED) is 0.480. The monoisotopic (exact) mass is 205 g/mol. The fourth-order valence-corrected chi connectivity index (χ4v) is 0.697. The SMILES string of the molecule is CCCNC(=O)O.NCCCCCN. The number of carboxylic acid groups (broad SMARTS) is 1. The van der Waals surface area contributed by atoms with Gasteiger partial charge in [0.25, 0.3) is 0 Å². The van der Waals surface area contributed by atoms with Crippen LogP contribution >= 0.6 is 0 Å². The molecule has 1 amide bonds. The summed E-state index contributed by atoms with van der Waals surface area (Å²) in [4.78, 5) is 9.65. The van der Waals surface area contributed by atoms with Crippen molar-refractivity contribution in [1.82, 2.24) is 5.32 Å². The van der Waals surface area contributed by atoms with E-state index in [4.69, 9.17) is 16.6 Å². The number of hydrogen-bond acceptors (Lipinski definition) is 3. The third kappa shape index (κ3) is 22.5. The van der Waals surface area contributed by atoms with Gasteiger partial charge in [0.1, 0.15) is 0 Å². The van der Waals surface area contributed by atoms with Crippen molar-refractivity contribution >= 4 is 6.09 Å². The van der Waals surface area contributed by atoms with Crippen LogP contribution in [-0.4, -0.2) is 30.8 Å². The first-order valence-electron chi connectivity index (χ1n) is 5.05. The van der Waals surface area contributed by atoms with Crippen LogP contribution in [0.25, 0.3) is 0 Å². The van der Waals surface area contributed by atoms with Crippen LogP contribution in [-0.2, 0) is 0 Å². The number of hydrogen-bond donors (Lipinski definition) is 4. The minimum atomic E-state index is -0.943. The zero-order chi connectivity index (χ0) is 11.2. The highest BCUT2D eigenvalue weighted by Gasteiger charge is 1.86. The highest BCUT2D eigenvalue weighted by molar-refractivity contribution is 5.64. The second-order valence-electron chi connectivity index (χ2n) is 2.87. The standard InChI is InChI=1S/C5H14N2.C4H9NO2/c6-4-2-1-3-5-7;1-2-3-5-4(6)7/h1-7H2;5H,2-3H2,1H3,(H,6,7). The fourth-order valence-electron chi connectivity index (χ4n) is 0.697. The zero-order valence-corrected chi connectivity index (χ0v) is 8.96. The van der Waals surface area contributed by atoms with E-state index in [1.807, 2.05) is 6.92 Å². The lowest BCUT2D eigenvalue weighted by Crippen LogP contribution is -2.20. The molecule has 0 aliphatic rings. The van der Waals surface area contributed by atoms with Crippen molar-refractivity contribution in [2.45, 2.75) is 32.6 Å². The van der Waals surface area contributed by atoms with Crippen molar-refractivity contribution in [2.24, 2.45) is 11.5 Å². The Kier molecular flexibility index (Phi) is 16.4. The van der Waals surface area contributed by atoms with E-state index < -0.39 is 6.09 Å². The van der Waals surface area contributed by atoms with Gasteiger partial charge in [-0.3, -0.25) is 0 Å². The number of unbranched alkanes of at least 4 members (excludes halogenated alkanes) is 2. The molecule has 0 aromatic heterocycles. The van der Waals surface area contributed by atoms with E-state index in [-0.39, 0.29) is 0 Å². The van der Waals surface area contributed by atoms with Crippen LogP contribution in [0.4, 0.5) is 4.79 Å². The molecule has 0 aliphatic heterocycles. The normalized spacial score (nSPS) is 8.79. The summed E-state index contributed by atoms with van der Waals surface area (Å²) in [6.07, 6.45) is 3.34. The Bertz CT molecular complexity index is 117. The molecule has 0 heterocycles. The first kappa shape index (κ1) is 15.7. The maximum atomic E-state index is 9.65. The van der Waals surface area contributed by atoms with Gasteiger partial charge in [0, 0.05) is 6.54 Å². The molecule has 86 valence electrons. The summed E-state index contributed by atoms with van der Waals surface area (Å²) in [6, 6.07) is 0. The van der Waals surface area contributed by atoms with Crippen molar-refractivity contribution in [2.75, 3.05) is 19.6 Å². The molecule has 0 saturated carbocycles. The summed E-state index contributed by atoms with van der Waals surface area (Å²) in [5.74, 6) is 0. The average molecular weight is 205 g/mol. The van der Waals surface area contributed by atoms with Crippen molar-refractivity contribution in [3.8, 4) is 0 Å². The number of nitrogens with one attached hydrogen (secondary N) is 1. The van der Waals surface area contributed by atoms with Gasteiger partial charge in [0.15, 0.2) is 0 Å². The second kappa shape index (κ2) is 14.7. The van der Waals surface area contributed by atoms with Crippen LogP contribution in [0, 0.1) is 0 Å². The van der Waals surface area contributed by atoms with Gasteiger partial charge < -0.3 is 21.9 Å². The molecule has 0 radical (unpaired) electrons. The van der Waals surface area contributed by atoms with E-state index in [0.29, 0.717) is 6.54 Å². The number of rotatable bonds is 6. The molecule has 5 heteroatoms.